The van der Waals surface area contributed by atoms with Crippen LogP contribution in [0.1, 0.15) is 0 Å². The largest absolute Gasteiger partial charge is 0.328 e. The van der Waals surface area contributed by atoms with E-state index in [4.69, 9.17) is 21.2 Å². The zero-order valence-corrected chi connectivity index (χ0v) is 6.78. The number of para-hydroxylation sites is 1. The minimum absolute atomic E-state index is 0.303. The van der Waals surface area contributed by atoms with Crippen LogP contribution in [0.3, 0.4) is 0 Å². The predicted octanol–water partition coefficient (Wildman–Crippen LogP) is 0.903. The standard InChI is InChI=1S/C6H6F2N2.HNO3/c7-4-2-1-3-5(8)6(4)10-9;2-1(3)4/h1-3,10H,9H2;(H,2,3,4). The molecule has 0 unspecified atom stereocenters. The summed E-state index contributed by atoms with van der Waals surface area (Å²) in [5.41, 5.74) is 1.61. The van der Waals surface area contributed by atoms with Crippen molar-refractivity contribution in [1.29, 1.82) is 0 Å². The predicted molar refractivity (Wildman–Crippen MR) is 42.9 cm³/mol. The number of hydrazine groups is 1. The van der Waals surface area contributed by atoms with E-state index in [9.17, 15) is 8.78 Å². The van der Waals surface area contributed by atoms with Crippen LogP contribution in [0, 0.1) is 21.7 Å². The minimum atomic E-state index is -1.50. The maximum Gasteiger partial charge on any atom is 0.291 e. The first kappa shape index (κ1) is 12.0. The van der Waals surface area contributed by atoms with Gasteiger partial charge in [-0.3, -0.25) is 5.84 Å². The summed E-state index contributed by atoms with van der Waals surface area (Å²) in [4.78, 5) is 8.36. The molecule has 0 aliphatic heterocycles. The lowest BCUT2D eigenvalue weighted by Crippen LogP contribution is -2.10. The van der Waals surface area contributed by atoms with Gasteiger partial charge in [0.25, 0.3) is 5.09 Å². The number of nitrogens with one attached hydrogen (secondary N) is 1. The van der Waals surface area contributed by atoms with Gasteiger partial charge in [-0.25, -0.2) is 8.78 Å². The maximum absolute atomic E-state index is 12.5. The average molecular weight is 207 g/mol. The van der Waals surface area contributed by atoms with Crippen LogP contribution in [-0.4, -0.2) is 10.3 Å². The van der Waals surface area contributed by atoms with E-state index in [-0.39, 0.29) is 5.69 Å². The van der Waals surface area contributed by atoms with Gasteiger partial charge in [-0.2, -0.15) is 0 Å². The molecule has 0 aliphatic rings. The molecular weight excluding hydrogens is 200 g/mol. The molecule has 0 aliphatic carbocycles. The van der Waals surface area contributed by atoms with E-state index in [1.165, 1.54) is 6.07 Å². The van der Waals surface area contributed by atoms with E-state index in [1.54, 1.807) is 0 Å². The van der Waals surface area contributed by atoms with Crippen molar-refractivity contribution in [3.63, 3.8) is 0 Å². The second-order valence-corrected chi connectivity index (χ2v) is 1.98. The van der Waals surface area contributed by atoms with Crippen LogP contribution in [0.15, 0.2) is 18.2 Å². The monoisotopic (exact) mass is 207 g/mol. The Morgan fingerprint density at radius 3 is 2.00 bits per heavy atom. The van der Waals surface area contributed by atoms with E-state index in [2.05, 4.69) is 0 Å². The molecule has 0 radical (unpaired) electrons. The average Bonchev–Trinajstić information content (AvgIpc) is 2.03. The van der Waals surface area contributed by atoms with E-state index in [0.717, 1.165) is 12.1 Å². The van der Waals surface area contributed by atoms with Gasteiger partial charge in [0.15, 0.2) is 11.6 Å². The number of benzene rings is 1. The van der Waals surface area contributed by atoms with Gasteiger partial charge in [-0.15, -0.1) is 10.1 Å². The van der Waals surface area contributed by atoms with E-state index < -0.39 is 16.7 Å². The topological polar surface area (TPSA) is 101 Å². The molecule has 0 bridgehead atoms. The van der Waals surface area contributed by atoms with Crippen molar-refractivity contribution in [1.82, 2.24) is 0 Å². The molecule has 0 atom stereocenters. The van der Waals surface area contributed by atoms with Crippen LogP contribution in [0.4, 0.5) is 14.5 Å². The number of halogens is 2. The van der Waals surface area contributed by atoms with Crippen molar-refractivity contribution < 1.29 is 19.1 Å². The molecule has 8 heteroatoms. The van der Waals surface area contributed by atoms with E-state index in [0.29, 0.717) is 0 Å². The molecule has 0 amide bonds. The fraction of sp³-hybridized carbons (Fsp3) is 0. The number of anilines is 1. The number of nitrogens with two attached hydrogens (primary N) is 1. The second kappa shape index (κ2) is 5.65. The molecule has 1 rings (SSSR count). The number of hydrogen-bond acceptors (Lipinski definition) is 4. The van der Waals surface area contributed by atoms with E-state index >= 15 is 0 Å². The highest BCUT2D eigenvalue weighted by Crippen LogP contribution is 2.15. The first-order valence-corrected chi connectivity index (χ1v) is 3.23. The Labute approximate surface area is 77.0 Å². The molecule has 1 aromatic carbocycles. The highest BCUT2D eigenvalue weighted by atomic mass is 19.1. The molecule has 78 valence electrons. The summed E-state index contributed by atoms with van der Waals surface area (Å²) >= 11 is 0. The van der Waals surface area contributed by atoms with Gasteiger partial charge in [0, 0.05) is 0 Å². The van der Waals surface area contributed by atoms with Crippen LogP contribution < -0.4 is 11.3 Å². The summed E-state index contributed by atoms with van der Waals surface area (Å²) in [5.74, 6) is 3.44. The molecule has 1 aromatic rings. The fourth-order valence-electron chi connectivity index (χ4n) is 0.636. The molecular formula is C6H7F2N3O3. The SMILES string of the molecule is NNc1c(F)cccc1F.O=[N+]([O-])O. The molecule has 0 fully saturated rings. The Bertz CT molecular complexity index is 297. The zero-order chi connectivity index (χ0) is 11.1. The fourth-order valence-corrected chi connectivity index (χ4v) is 0.636. The van der Waals surface area contributed by atoms with Crippen LogP contribution in [-0.2, 0) is 0 Å². The van der Waals surface area contributed by atoms with Crippen LogP contribution >= 0.6 is 0 Å². The van der Waals surface area contributed by atoms with Crippen LogP contribution in [0.2, 0.25) is 0 Å². The van der Waals surface area contributed by atoms with Crippen molar-refractivity contribution in [3.8, 4) is 0 Å². The Hall–Kier alpha value is -1.96. The third-order valence-electron chi connectivity index (χ3n) is 1.11. The normalized spacial score (nSPS) is 8.50. The number of hydrogen-bond donors (Lipinski definition) is 3. The van der Waals surface area contributed by atoms with Gasteiger partial charge >= 0.3 is 0 Å². The smallest absolute Gasteiger partial charge is 0.291 e. The first-order chi connectivity index (χ1) is 6.49. The molecule has 0 aromatic heterocycles. The van der Waals surface area contributed by atoms with Gasteiger partial charge in [-0.05, 0) is 12.1 Å². The maximum atomic E-state index is 12.5. The Morgan fingerprint density at radius 1 is 1.43 bits per heavy atom. The van der Waals surface area contributed by atoms with Crippen molar-refractivity contribution in [2.24, 2.45) is 5.84 Å². The summed E-state index contributed by atoms with van der Waals surface area (Å²) in [5, 5.41) is 13.6. The van der Waals surface area contributed by atoms with Gasteiger partial charge < -0.3 is 10.6 Å². The first-order valence-electron chi connectivity index (χ1n) is 3.23. The Kier molecular flexibility index (Phi) is 4.86. The van der Waals surface area contributed by atoms with Crippen molar-refractivity contribution in [2.45, 2.75) is 0 Å². The van der Waals surface area contributed by atoms with Gasteiger partial charge in [0.1, 0.15) is 5.69 Å². The number of rotatable bonds is 1. The lowest BCUT2D eigenvalue weighted by atomic mass is 10.3. The molecule has 6 nitrogen and oxygen atoms in total. The molecule has 0 saturated heterocycles. The minimum Gasteiger partial charge on any atom is -0.328 e. The van der Waals surface area contributed by atoms with Crippen LogP contribution in [0.5, 0.6) is 0 Å². The summed E-state index contributed by atoms with van der Waals surface area (Å²) in [6, 6.07) is 3.52. The summed E-state index contributed by atoms with van der Waals surface area (Å²) < 4.78 is 24.9. The highest BCUT2D eigenvalue weighted by molar-refractivity contribution is 5.44. The van der Waals surface area contributed by atoms with Crippen molar-refractivity contribution in [3.05, 3.63) is 39.9 Å². The van der Waals surface area contributed by atoms with Gasteiger partial charge in [0.05, 0.1) is 0 Å². The molecule has 14 heavy (non-hydrogen) atoms. The number of nitrogen functional groups attached to an aromatic ring is 1. The Balaban J connectivity index is 0.000000364. The molecule has 0 saturated carbocycles. The second-order valence-electron chi connectivity index (χ2n) is 1.98. The zero-order valence-electron chi connectivity index (χ0n) is 6.78. The van der Waals surface area contributed by atoms with Crippen molar-refractivity contribution in [2.75, 3.05) is 5.43 Å². The highest BCUT2D eigenvalue weighted by Gasteiger charge is 2.04. The van der Waals surface area contributed by atoms with E-state index in [1.807, 2.05) is 5.43 Å². The number of nitrogens with zero attached hydrogens (tertiary/aromatic N) is 1. The lowest BCUT2D eigenvalue weighted by Gasteiger charge is -2.00. The van der Waals surface area contributed by atoms with Gasteiger partial charge in [0.2, 0.25) is 0 Å². The lowest BCUT2D eigenvalue weighted by molar-refractivity contribution is -0.742. The summed E-state index contributed by atoms with van der Waals surface area (Å²) in [6.45, 7) is 0. The molecule has 0 heterocycles. The summed E-state index contributed by atoms with van der Waals surface area (Å²) in [7, 11) is 0. The van der Waals surface area contributed by atoms with Gasteiger partial charge in [-0.1, -0.05) is 6.07 Å². The van der Waals surface area contributed by atoms with Crippen molar-refractivity contribution >= 4 is 5.69 Å². The quantitative estimate of drug-likeness (QED) is 0.360. The Morgan fingerprint density at radius 2 is 1.79 bits per heavy atom. The summed E-state index contributed by atoms with van der Waals surface area (Å²) in [6.07, 6.45) is 0. The third-order valence-corrected chi connectivity index (χ3v) is 1.11. The molecule has 0 spiro atoms. The molecule has 4 N–H and O–H groups in total. The third kappa shape index (κ3) is 4.16. The van der Waals surface area contributed by atoms with Crippen LogP contribution in [0.25, 0.3) is 0 Å².